The molecule has 0 atom stereocenters. The Balaban J connectivity index is 2.55. The van der Waals surface area contributed by atoms with Crippen LogP contribution >= 0.6 is 0 Å². The minimum Gasteiger partial charge on any atom is -0.396 e. The lowest BCUT2D eigenvalue weighted by Gasteiger charge is -1.93. The smallest absolute Gasteiger partial charge is 0.0471 e. The van der Waals surface area contributed by atoms with Crippen LogP contribution in [-0.2, 0) is 0 Å². The molecule has 0 saturated carbocycles. The van der Waals surface area contributed by atoms with Crippen LogP contribution in [-0.4, -0.2) is 11.7 Å². The second-order valence-corrected chi connectivity index (χ2v) is 2.07. The second kappa shape index (κ2) is 3.90. The Bertz CT molecular complexity index is 180. The first-order valence-electron chi connectivity index (χ1n) is 3.32. The summed E-state index contributed by atoms with van der Waals surface area (Å²) in [6, 6.07) is 0. The molecule has 2 N–H and O–H groups in total. The van der Waals surface area contributed by atoms with Gasteiger partial charge in [-0.3, -0.25) is 0 Å². The molecule has 1 rings (SSSR count). The van der Waals surface area contributed by atoms with Gasteiger partial charge in [-0.2, -0.15) is 0 Å². The minimum absolute atomic E-state index is 0.212. The van der Waals surface area contributed by atoms with Crippen LogP contribution in [0.2, 0.25) is 0 Å². The average Bonchev–Trinajstić information content (AvgIpc) is 2.17. The lowest BCUT2D eigenvalue weighted by atomic mass is 10.2. The summed E-state index contributed by atoms with van der Waals surface area (Å²) in [6.45, 7) is 0.212. The van der Waals surface area contributed by atoms with Crippen molar-refractivity contribution in [2.75, 3.05) is 6.61 Å². The first-order chi connectivity index (χ1) is 4.93. The summed E-state index contributed by atoms with van der Waals surface area (Å²) in [5.74, 6) is 0. The largest absolute Gasteiger partial charge is 0.396 e. The SMILES string of the molecule is OCCC1=CC=CNC=C1. The summed E-state index contributed by atoms with van der Waals surface area (Å²) in [7, 11) is 0. The van der Waals surface area contributed by atoms with Crippen molar-refractivity contribution in [3.63, 3.8) is 0 Å². The van der Waals surface area contributed by atoms with E-state index in [9.17, 15) is 0 Å². The van der Waals surface area contributed by atoms with E-state index in [-0.39, 0.29) is 6.61 Å². The maximum Gasteiger partial charge on any atom is 0.0471 e. The zero-order valence-corrected chi connectivity index (χ0v) is 5.75. The van der Waals surface area contributed by atoms with Crippen molar-refractivity contribution in [1.82, 2.24) is 5.32 Å². The third-order valence-corrected chi connectivity index (χ3v) is 1.30. The van der Waals surface area contributed by atoms with Gasteiger partial charge in [-0.15, -0.1) is 0 Å². The van der Waals surface area contributed by atoms with Crippen molar-refractivity contribution < 1.29 is 5.11 Å². The molecule has 0 amide bonds. The Morgan fingerprint density at radius 3 is 3.10 bits per heavy atom. The van der Waals surface area contributed by atoms with Crippen molar-refractivity contribution >= 4 is 0 Å². The number of hydrogen-bond donors (Lipinski definition) is 2. The lowest BCUT2D eigenvalue weighted by molar-refractivity contribution is 0.300. The summed E-state index contributed by atoms with van der Waals surface area (Å²) < 4.78 is 0. The van der Waals surface area contributed by atoms with Gasteiger partial charge >= 0.3 is 0 Å². The Kier molecular flexibility index (Phi) is 2.77. The number of allylic oxidation sites excluding steroid dienone is 3. The highest BCUT2D eigenvalue weighted by atomic mass is 16.2. The van der Waals surface area contributed by atoms with E-state index in [1.54, 1.807) is 0 Å². The molecule has 0 aromatic carbocycles. The maximum atomic E-state index is 8.59. The Hall–Kier alpha value is -1.02. The number of rotatable bonds is 2. The van der Waals surface area contributed by atoms with Crippen LogP contribution in [0.5, 0.6) is 0 Å². The van der Waals surface area contributed by atoms with Gasteiger partial charge in [-0.05, 0) is 24.1 Å². The fourth-order valence-corrected chi connectivity index (χ4v) is 0.789. The Morgan fingerprint density at radius 2 is 2.30 bits per heavy atom. The third-order valence-electron chi connectivity index (χ3n) is 1.30. The van der Waals surface area contributed by atoms with Gasteiger partial charge < -0.3 is 10.4 Å². The molecule has 1 aliphatic heterocycles. The first kappa shape index (κ1) is 7.09. The van der Waals surface area contributed by atoms with Crippen LogP contribution < -0.4 is 5.32 Å². The fraction of sp³-hybridized carbons (Fsp3) is 0.250. The molecule has 0 aromatic heterocycles. The molecule has 10 heavy (non-hydrogen) atoms. The van der Waals surface area contributed by atoms with E-state index in [0.29, 0.717) is 0 Å². The lowest BCUT2D eigenvalue weighted by Crippen LogP contribution is -1.89. The summed E-state index contributed by atoms with van der Waals surface area (Å²) >= 11 is 0. The first-order valence-corrected chi connectivity index (χ1v) is 3.32. The average molecular weight is 137 g/mol. The molecule has 0 fully saturated rings. The molecule has 0 spiro atoms. The van der Waals surface area contributed by atoms with E-state index in [2.05, 4.69) is 5.32 Å². The quantitative estimate of drug-likeness (QED) is 0.593. The molecular weight excluding hydrogens is 126 g/mol. The summed E-state index contributed by atoms with van der Waals surface area (Å²) in [5.41, 5.74) is 1.14. The molecule has 2 nitrogen and oxygen atoms in total. The van der Waals surface area contributed by atoms with E-state index in [1.807, 2.05) is 30.6 Å². The van der Waals surface area contributed by atoms with Gasteiger partial charge in [0.1, 0.15) is 0 Å². The fourth-order valence-electron chi connectivity index (χ4n) is 0.789. The van der Waals surface area contributed by atoms with Gasteiger partial charge in [0.25, 0.3) is 0 Å². The Labute approximate surface area is 60.6 Å². The highest BCUT2D eigenvalue weighted by Gasteiger charge is 1.90. The number of nitrogens with one attached hydrogen (secondary N) is 1. The van der Waals surface area contributed by atoms with Gasteiger partial charge in [-0.1, -0.05) is 6.08 Å². The Morgan fingerprint density at radius 1 is 1.40 bits per heavy atom. The predicted molar refractivity (Wildman–Crippen MR) is 41.2 cm³/mol. The number of hydrogen-bond acceptors (Lipinski definition) is 2. The molecule has 0 saturated heterocycles. The summed E-state index contributed by atoms with van der Waals surface area (Å²) in [5, 5.41) is 11.5. The number of aliphatic hydroxyl groups is 1. The van der Waals surface area contributed by atoms with Gasteiger partial charge in [0.15, 0.2) is 0 Å². The molecule has 1 heterocycles. The van der Waals surface area contributed by atoms with E-state index in [1.165, 1.54) is 0 Å². The highest BCUT2D eigenvalue weighted by molar-refractivity contribution is 5.25. The van der Waals surface area contributed by atoms with Crippen LogP contribution in [0.15, 0.2) is 36.2 Å². The second-order valence-electron chi connectivity index (χ2n) is 2.07. The third kappa shape index (κ3) is 2.07. The monoisotopic (exact) mass is 137 g/mol. The molecule has 0 aromatic rings. The normalized spacial score (nSPS) is 15.9. The van der Waals surface area contributed by atoms with Crippen molar-refractivity contribution in [2.24, 2.45) is 0 Å². The van der Waals surface area contributed by atoms with E-state index in [0.717, 1.165) is 12.0 Å². The van der Waals surface area contributed by atoms with Crippen LogP contribution in [0.25, 0.3) is 0 Å². The summed E-state index contributed by atoms with van der Waals surface area (Å²) in [4.78, 5) is 0. The molecule has 0 radical (unpaired) electrons. The molecule has 0 unspecified atom stereocenters. The van der Waals surface area contributed by atoms with Crippen LogP contribution in [0.1, 0.15) is 6.42 Å². The molecule has 54 valence electrons. The van der Waals surface area contributed by atoms with Gasteiger partial charge in [-0.25, -0.2) is 0 Å². The van der Waals surface area contributed by atoms with E-state index < -0.39 is 0 Å². The van der Waals surface area contributed by atoms with Crippen molar-refractivity contribution in [3.05, 3.63) is 36.2 Å². The van der Waals surface area contributed by atoms with Crippen molar-refractivity contribution in [3.8, 4) is 0 Å². The molecule has 2 heteroatoms. The van der Waals surface area contributed by atoms with Crippen molar-refractivity contribution in [2.45, 2.75) is 6.42 Å². The molecule has 0 bridgehead atoms. The topological polar surface area (TPSA) is 32.3 Å². The van der Waals surface area contributed by atoms with Crippen molar-refractivity contribution in [1.29, 1.82) is 0 Å². The maximum absolute atomic E-state index is 8.59. The van der Waals surface area contributed by atoms with Crippen LogP contribution in [0.4, 0.5) is 0 Å². The minimum atomic E-state index is 0.212. The molecular formula is C8H11NO. The standard InChI is InChI=1S/C8H11NO/c10-7-4-8-2-1-5-9-6-3-8/h1-3,5-6,9-10H,4,7H2. The number of aliphatic hydroxyl groups excluding tert-OH is 1. The van der Waals surface area contributed by atoms with E-state index >= 15 is 0 Å². The highest BCUT2D eigenvalue weighted by Crippen LogP contribution is 2.03. The van der Waals surface area contributed by atoms with Crippen LogP contribution in [0.3, 0.4) is 0 Å². The zero-order valence-electron chi connectivity index (χ0n) is 5.75. The van der Waals surface area contributed by atoms with Crippen LogP contribution in [0, 0.1) is 0 Å². The molecule has 0 aliphatic carbocycles. The molecule has 1 aliphatic rings. The predicted octanol–water partition coefficient (Wildman–Crippen LogP) is 0.926. The zero-order chi connectivity index (χ0) is 7.23. The summed E-state index contributed by atoms with van der Waals surface area (Å²) in [6.07, 6.45) is 10.3. The van der Waals surface area contributed by atoms with Gasteiger partial charge in [0.05, 0.1) is 0 Å². The van der Waals surface area contributed by atoms with E-state index in [4.69, 9.17) is 5.11 Å². The van der Waals surface area contributed by atoms with Gasteiger partial charge in [0, 0.05) is 19.0 Å². The van der Waals surface area contributed by atoms with Gasteiger partial charge in [0.2, 0.25) is 0 Å².